The van der Waals surface area contributed by atoms with E-state index < -0.39 is 15.6 Å². The maximum Gasteiger partial charge on any atom is 0.333 e. The molecule has 0 amide bonds. The Balaban J connectivity index is 4.29. The molecule has 0 saturated carbocycles. The summed E-state index contributed by atoms with van der Waals surface area (Å²) < 4.78 is 29.5. The summed E-state index contributed by atoms with van der Waals surface area (Å²) >= 11 is 0. The molecule has 0 spiro atoms. The molecule has 0 saturated heterocycles. The fourth-order valence-corrected chi connectivity index (χ4v) is 2.70. The first kappa shape index (κ1) is 18.1. The topological polar surface area (TPSA) is 84.5 Å². The van der Waals surface area contributed by atoms with Crippen LogP contribution in [0.1, 0.15) is 27.2 Å². The molecule has 0 radical (unpaired) electrons. The summed E-state index contributed by atoms with van der Waals surface area (Å²) in [7, 11) is -1.89. The SMILES string of the molecule is CCC(=CCNCC(C)(C)NS(C)(=O)=O)C(=O)OC. The molecule has 0 aliphatic rings. The van der Waals surface area contributed by atoms with E-state index in [2.05, 4.69) is 14.8 Å². The number of carbonyl (C=O) groups is 1. The summed E-state index contributed by atoms with van der Waals surface area (Å²) in [4.78, 5) is 11.3. The van der Waals surface area contributed by atoms with Crippen molar-refractivity contribution in [2.24, 2.45) is 0 Å². The number of esters is 1. The predicted molar refractivity (Wildman–Crippen MR) is 75.3 cm³/mol. The van der Waals surface area contributed by atoms with E-state index in [0.29, 0.717) is 25.1 Å². The lowest BCUT2D eigenvalue weighted by atomic mass is 10.1. The molecule has 0 bridgehead atoms. The smallest absolute Gasteiger partial charge is 0.333 e. The van der Waals surface area contributed by atoms with Gasteiger partial charge in [0.05, 0.1) is 13.4 Å². The molecule has 2 N–H and O–H groups in total. The molecular formula is C12H24N2O4S. The number of rotatable bonds is 8. The predicted octanol–water partition coefficient (Wildman–Crippen LogP) is 0.413. The molecule has 0 unspecified atom stereocenters. The number of methoxy groups -OCH3 is 1. The van der Waals surface area contributed by atoms with Crippen LogP contribution in [-0.2, 0) is 19.6 Å². The van der Waals surface area contributed by atoms with Gasteiger partial charge in [-0.25, -0.2) is 17.9 Å². The molecule has 0 aromatic carbocycles. The van der Waals surface area contributed by atoms with Gasteiger partial charge in [-0.3, -0.25) is 0 Å². The van der Waals surface area contributed by atoms with Crippen molar-refractivity contribution < 1.29 is 17.9 Å². The maximum absolute atomic E-state index is 11.3. The van der Waals surface area contributed by atoms with Crippen LogP contribution < -0.4 is 10.0 Å². The molecule has 0 aromatic heterocycles. The van der Waals surface area contributed by atoms with Crippen LogP contribution in [0.25, 0.3) is 0 Å². The largest absolute Gasteiger partial charge is 0.466 e. The zero-order chi connectivity index (χ0) is 15.1. The molecule has 0 aromatic rings. The lowest BCUT2D eigenvalue weighted by Gasteiger charge is -2.25. The average molecular weight is 292 g/mol. The highest BCUT2D eigenvalue weighted by molar-refractivity contribution is 7.88. The Morgan fingerprint density at radius 3 is 2.37 bits per heavy atom. The summed E-state index contributed by atoms with van der Waals surface area (Å²) in [5.74, 6) is -0.335. The molecule has 19 heavy (non-hydrogen) atoms. The summed E-state index contributed by atoms with van der Waals surface area (Å²) in [6, 6.07) is 0. The van der Waals surface area contributed by atoms with Crippen LogP contribution in [0.15, 0.2) is 11.6 Å². The Bertz CT molecular complexity index is 427. The van der Waals surface area contributed by atoms with Gasteiger partial charge in [-0.1, -0.05) is 13.0 Å². The first-order valence-electron chi connectivity index (χ1n) is 6.08. The minimum atomic E-state index is -3.24. The summed E-state index contributed by atoms with van der Waals surface area (Å²) in [6.45, 7) is 6.37. The van der Waals surface area contributed by atoms with Crippen LogP contribution >= 0.6 is 0 Å². The van der Waals surface area contributed by atoms with Gasteiger partial charge < -0.3 is 10.1 Å². The standard InChI is InChI=1S/C12H24N2O4S/c1-6-10(11(15)18-4)7-8-13-9-12(2,3)14-19(5,16)17/h7,13-14H,6,8-9H2,1-5H3. The van der Waals surface area contributed by atoms with Gasteiger partial charge in [-0.2, -0.15) is 0 Å². The lowest BCUT2D eigenvalue weighted by molar-refractivity contribution is -0.136. The van der Waals surface area contributed by atoms with Gasteiger partial charge in [-0.15, -0.1) is 0 Å². The van der Waals surface area contributed by atoms with E-state index in [4.69, 9.17) is 0 Å². The van der Waals surface area contributed by atoms with Crippen molar-refractivity contribution in [2.75, 3.05) is 26.5 Å². The first-order chi connectivity index (χ1) is 8.61. The lowest BCUT2D eigenvalue weighted by Crippen LogP contribution is -2.49. The first-order valence-corrected chi connectivity index (χ1v) is 7.97. The summed E-state index contributed by atoms with van der Waals surface area (Å²) in [6.07, 6.45) is 3.47. The zero-order valence-electron chi connectivity index (χ0n) is 12.2. The number of hydrogen-bond acceptors (Lipinski definition) is 5. The van der Waals surface area contributed by atoms with Crippen molar-refractivity contribution in [3.8, 4) is 0 Å². The quantitative estimate of drug-likeness (QED) is 0.385. The van der Waals surface area contributed by atoms with Crippen molar-refractivity contribution in [3.63, 3.8) is 0 Å². The monoisotopic (exact) mass is 292 g/mol. The van der Waals surface area contributed by atoms with Gasteiger partial charge in [0.2, 0.25) is 10.0 Å². The van der Waals surface area contributed by atoms with Crippen LogP contribution in [0.2, 0.25) is 0 Å². The fraction of sp³-hybridized carbons (Fsp3) is 0.750. The highest BCUT2D eigenvalue weighted by atomic mass is 32.2. The minimum absolute atomic E-state index is 0.335. The number of sulfonamides is 1. The van der Waals surface area contributed by atoms with Crippen LogP contribution in [-0.4, -0.2) is 46.4 Å². The van der Waals surface area contributed by atoms with E-state index >= 15 is 0 Å². The molecule has 0 aliphatic carbocycles. The van der Waals surface area contributed by atoms with Crippen LogP contribution in [0.4, 0.5) is 0 Å². The Morgan fingerprint density at radius 1 is 1.37 bits per heavy atom. The van der Waals surface area contributed by atoms with E-state index in [1.54, 1.807) is 19.9 Å². The van der Waals surface area contributed by atoms with Crippen LogP contribution in [0.3, 0.4) is 0 Å². The molecule has 0 aliphatic heterocycles. The van der Waals surface area contributed by atoms with Gasteiger partial charge in [0, 0.05) is 24.2 Å². The van der Waals surface area contributed by atoms with Crippen molar-refractivity contribution in [1.29, 1.82) is 0 Å². The van der Waals surface area contributed by atoms with Crippen LogP contribution in [0.5, 0.6) is 0 Å². The number of ether oxygens (including phenoxy) is 1. The van der Waals surface area contributed by atoms with Gasteiger partial charge in [0.1, 0.15) is 0 Å². The summed E-state index contributed by atoms with van der Waals surface area (Å²) in [5, 5.41) is 3.08. The van der Waals surface area contributed by atoms with Crippen LogP contribution in [0, 0.1) is 0 Å². The van der Waals surface area contributed by atoms with Gasteiger partial charge in [0.25, 0.3) is 0 Å². The van der Waals surface area contributed by atoms with Crippen molar-refractivity contribution in [1.82, 2.24) is 10.0 Å². The average Bonchev–Trinajstić information content (AvgIpc) is 2.25. The highest BCUT2D eigenvalue weighted by Crippen LogP contribution is 2.04. The third-order valence-electron chi connectivity index (χ3n) is 2.35. The molecule has 0 atom stereocenters. The second-order valence-corrected chi connectivity index (χ2v) is 6.71. The van der Waals surface area contributed by atoms with Crippen molar-refractivity contribution in [3.05, 3.63) is 11.6 Å². The Morgan fingerprint density at radius 2 is 1.95 bits per heavy atom. The Kier molecular flexibility index (Phi) is 7.25. The number of carbonyl (C=O) groups excluding carboxylic acids is 1. The van der Waals surface area contributed by atoms with Gasteiger partial charge >= 0.3 is 5.97 Å². The Hall–Kier alpha value is -0.920. The van der Waals surface area contributed by atoms with E-state index in [0.717, 1.165) is 6.26 Å². The van der Waals surface area contributed by atoms with E-state index in [-0.39, 0.29) is 5.97 Å². The molecule has 112 valence electrons. The second-order valence-electron chi connectivity index (χ2n) is 4.96. The zero-order valence-corrected chi connectivity index (χ0v) is 13.1. The number of hydrogen-bond donors (Lipinski definition) is 2. The highest BCUT2D eigenvalue weighted by Gasteiger charge is 2.21. The second kappa shape index (κ2) is 7.62. The third-order valence-corrected chi connectivity index (χ3v) is 3.27. The minimum Gasteiger partial charge on any atom is -0.466 e. The molecular weight excluding hydrogens is 268 g/mol. The normalized spacial score (nSPS) is 13.4. The maximum atomic E-state index is 11.3. The van der Waals surface area contributed by atoms with Gasteiger partial charge in [0.15, 0.2) is 0 Å². The van der Waals surface area contributed by atoms with E-state index in [1.165, 1.54) is 7.11 Å². The fourth-order valence-electron chi connectivity index (χ4n) is 1.62. The van der Waals surface area contributed by atoms with Gasteiger partial charge in [-0.05, 0) is 20.3 Å². The molecule has 7 heteroatoms. The third kappa shape index (κ3) is 8.74. The number of nitrogens with one attached hydrogen (secondary N) is 2. The molecule has 0 heterocycles. The molecule has 6 nitrogen and oxygen atoms in total. The van der Waals surface area contributed by atoms with Crippen molar-refractivity contribution >= 4 is 16.0 Å². The Labute approximate surface area is 115 Å². The van der Waals surface area contributed by atoms with E-state index in [1.807, 2.05) is 6.92 Å². The summed E-state index contributed by atoms with van der Waals surface area (Å²) in [5.41, 5.74) is 0.0166. The van der Waals surface area contributed by atoms with Crippen molar-refractivity contribution in [2.45, 2.75) is 32.7 Å². The molecule has 0 rings (SSSR count). The molecule has 0 fully saturated rings. The van der Waals surface area contributed by atoms with E-state index in [9.17, 15) is 13.2 Å².